The summed E-state index contributed by atoms with van der Waals surface area (Å²) in [5, 5.41) is 9.39. The van der Waals surface area contributed by atoms with Gasteiger partial charge in [-0.2, -0.15) is 10.2 Å². The molecule has 0 aliphatic rings. The third kappa shape index (κ3) is 6.62. The zero-order valence-corrected chi connectivity index (χ0v) is 17.8. The molecule has 0 bridgehead atoms. The molecule has 0 N–H and O–H groups in total. The lowest BCUT2D eigenvalue weighted by Gasteiger charge is -2.13. The lowest BCUT2D eigenvalue weighted by Crippen LogP contribution is -2.27. The number of hydrogen-bond acceptors (Lipinski definition) is 4. The molecule has 5 nitrogen and oxygen atoms in total. The van der Waals surface area contributed by atoms with E-state index in [-0.39, 0.29) is 17.3 Å². The number of aromatic nitrogens is 2. The summed E-state index contributed by atoms with van der Waals surface area (Å²) in [6.07, 6.45) is 0. The van der Waals surface area contributed by atoms with Gasteiger partial charge in [0.2, 0.25) is 11.7 Å². The highest BCUT2D eigenvalue weighted by atomic mass is 16.5. The lowest BCUT2D eigenvalue weighted by molar-refractivity contribution is 0.288. The van der Waals surface area contributed by atoms with Crippen LogP contribution in [0, 0.1) is 18.3 Å². The van der Waals surface area contributed by atoms with Crippen molar-refractivity contribution in [3.63, 3.8) is 0 Å². The second kappa shape index (κ2) is 12.9. The fourth-order valence-electron chi connectivity index (χ4n) is 2.49. The highest BCUT2D eigenvalue weighted by molar-refractivity contribution is 5.29. The SMILES string of the molecule is CC.CC.Cc1c(OCc2ccccc2)nc(C#N)n(Cc2ccccc2)c1=O. The molecule has 0 aliphatic carbocycles. The van der Waals surface area contributed by atoms with Gasteiger partial charge in [-0.3, -0.25) is 9.36 Å². The third-order valence-electron chi connectivity index (χ3n) is 3.85. The van der Waals surface area contributed by atoms with Crippen molar-refractivity contribution in [1.29, 1.82) is 5.26 Å². The van der Waals surface area contributed by atoms with Crippen LogP contribution in [0.3, 0.4) is 0 Å². The minimum Gasteiger partial charge on any atom is -0.472 e. The first-order valence-electron chi connectivity index (χ1n) is 9.91. The predicted molar refractivity (Wildman–Crippen MR) is 117 cm³/mol. The van der Waals surface area contributed by atoms with Crippen molar-refractivity contribution in [3.8, 4) is 11.9 Å². The molecule has 29 heavy (non-hydrogen) atoms. The Labute approximate surface area is 173 Å². The molecule has 0 fully saturated rings. The summed E-state index contributed by atoms with van der Waals surface area (Å²) in [5.74, 6) is 0.247. The Balaban J connectivity index is 0.000000989. The Bertz CT molecular complexity index is 959. The fourth-order valence-corrected chi connectivity index (χ4v) is 2.49. The molecule has 0 aliphatic heterocycles. The maximum Gasteiger partial charge on any atom is 0.261 e. The Morgan fingerprint density at radius 3 is 1.97 bits per heavy atom. The maximum absolute atomic E-state index is 12.7. The van der Waals surface area contributed by atoms with Crippen LogP contribution in [0.4, 0.5) is 0 Å². The van der Waals surface area contributed by atoms with E-state index in [2.05, 4.69) is 4.98 Å². The van der Waals surface area contributed by atoms with Crippen molar-refractivity contribution in [2.75, 3.05) is 0 Å². The number of nitriles is 1. The number of benzene rings is 2. The van der Waals surface area contributed by atoms with Crippen molar-refractivity contribution in [2.45, 2.75) is 47.8 Å². The maximum atomic E-state index is 12.7. The molecule has 3 aromatic rings. The Kier molecular flexibility index (Phi) is 10.5. The van der Waals surface area contributed by atoms with Gasteiger partial charge in [-0.1, -0.05) is 88.4 Å². The molecule has 0 unspecified atom stereocenters. The second-order valence-corrected chi connectivity index (χ2v) is 5.63. The molecule has 0 amide bonds. The van der Waals surface area contributed by atoms with E-state index in [1.54, 1.807) is 6.92 Å². The quantitative estimate of drug-likeness (QED) is 0.606. The Morgan fingerprint density at radius 1 is 0.931 bits per heavy atom. The van der Waals surface area contributed by atoms with Crippen LogP contribution >= 0.6 is 0 Å². The molecule has 0 radical (unpaired) electrons. The van der Waals surface area contributed by atoms with Crippen LogP contribution in [-0.2, 0) is 13.2 Å². The van der Waals surface area contributed by atoms with Gasteiger partial charge in [-0.05, 0) is 18.1 Å². The predicted octanol–water partition coefficient (Wildman–Crippen LogP) is 5.10. The van der Waals surface area contributed by atoms with Gasteiger partial charge in [0.25, 0.3) is 5.56 Å². The zero-order chi connectivity index (χ0) is 21.6. The largest absolute Gasteiger partial charge is 0.472 e. The van der Waals surface area contributed by atoms with Gasteiger partial charge in [-0.25, -0.2) is 0 Å². The smallest absolute Gasteiger partial charge is 0.261 e. The summed E-state index contributed by atoms with van der Waals surface area (Å²) in [4.78, 5) is 16.9. The average molecular weight is 392 g/mol. The van der Waals surface area contributed by atoms with Crippen LogP contribution in [0.15, 0.2) is 65.5 Å². The highest BCUT2D eigenvalue weighted by Gasteiger charge is 2.15. The highest BCUT2D eigenvalue weighted by Crippen LogP contribution is 2.14. The fraction of sp³-hybridized carbons (Fsp3) is 0.292. The van der Waals surface area contributed by atoms with E-state index in [1.165, 1.54) is 4.57 Å². The number of nitrogens with zero attached hydrogens (tertiary/aromatic N) is 3. The van der Waals surface area contributed by atoms with E-state index < -0.39 is 0 Å². The number of hydrogen-bond donors (Lipinski definition) is 0. The van der Waals surface area contributed by atoms with Gasteiger partial charge in [0.15, 0.2) is 0 Å². The van der Waals surface area contributed by atoms with E-state index in [1.807, 2.05) is 94.4 Å². The molecular formula is C24H29N3O2. The third-order valence-corrected chi connectivity index (χ3v) is 3.85. The zero-order valence-electron chi connectivity index (χ0n) is 17.8. The summed E-state index contributed by atoms with van der Waals surface area (Å²) < 4.78 is 7.05. The van der Waals surface area contributed by atoms with E-state index in [9.17, 15) is 10.1 Å². The lowest BCUT2D eigenvalue weighted by atomic mass is 10.2. The van der Waals surface area contributed by atoms with Crippen LogP contribution in [0.25, 0.3) is 0 Å². The van der Waals surface area contributed by atoms with E-state index >= 15 is 0 Å². The summed E-state index contributed by atoms with van der Waals surface area (Å²) in [7, 11) is 0. The van der Waals surface area contributed by atoms with E-state index in [4.69, 9.17) is 4.74 Å². The van der Waals surface area contributed by atoms with Crippen LogP contribution in [0.5, 0.6) is 5.88 Å². The van der Waals surface area contributed by atoms with Gasteiger partial charge >= 0.3 is 0 Å². The van der Waals surface area contributed by atoms with E-state index in [0.717, 1.165) is 11.1 Å². The minimum atomic E-state index is -0.265. The van der Waals surface area contributed by atoms with Crippen LogP contribution < -0.4 is 10.3 Å². The monoisotopic (exact) mass is 391 g/mol. The minimum absolute atomic E-state index is 0.0440. The van der Waals surface area contributed by atoms with Crippen LogP contribution in [0.2, 0.25) is 0 Å². The van der Waals surface area contributed by atoms with Crippen molar-refractivity contribution < 1.29 is 4.74 Å². The molecule has 0 atom stereocenters. The summed E-state index contributed by atoms with van der Waals surface area (Å²) in [6, 6.07) is 21.1. The first-order valence-corrected chi connectivity index (χ1v) is 9.91. The molecular weight excluding hydrogens is 362 g/mol. The number of ether oxygens (including phenoxy) is 1. The summed E-state index contributed by atoms with van der Waals surface area (Å²) in [6.45, 7) is 10.3. The van der Waals surface area contributed by atoms with Crippen LogP contribution in [-0.4, -0.2) is 9.55 Å². The first-order chi connectivity index (χ1) is 14.2. The van der Waals surface area contributed by atoms with Crippen molar-refractivity contribution in [3.05, 3.63) is 93.5 Å². The molecule has 5 heteroatoms. The molecule has 0 saturated carbocycles. The Morgan fingerprint density at radius 2 is 1.45 bits per heavy atom. The standard InChI is InChI=1S/C20H17N3O2.2C2H6/c1-15-19(25-14-17-10-6-3-7-11-17)22-18(12-21)23(20(15)24)13-16-8-4-2-5-9-16;2*1-2/h2-11H,13-14H2,1H3;2*1-2H3. The average Bonchev–Trinajstić information content (AvgIpc) is 2.80. The molecule has 3 rings (SSSR count). The molecule has 1 heterocycles. The summed E-state index contributed by atoms with van der Waals surface area (Å²) >= 11 is 0. The molecule has 152 valence electrons. The van der Waals surface area contributed by atoms with Crippen molar-refractivity contribution >= 4 is 0 Å². The van der Waals surface area contributed by atoms with Crippen molar-refractivity contribution in [2.24, 2.45) is 0 Å². The Hall–Kier alpha value is -3.39. The molecule has 1 aromatic heterocycles. The van der Waals surface area contributed by atoms with Crippen molar-refractivity contribution in [1.82, 2.24) is 9.55 Å². The molecule has 0 saturated heterocycles. The van der Waals surface area contributed by atoms with Gasteiger partial charge in [0.05, 0.1) is 12.1 Å². The first kappa shape index (κ1) is 23.6. The topological polar surface area (TPSA) is 67.9 Å². The van der Waals surface area contributed by atoms with Gasteiger partial charge < -0.3 is 4.74 Å². The van der Waals surface area contributed by atoms with E-state index in [0.29, 0.717) is 18.7 Å². The van der Waals surface area contributed by atoms with Crippen LogP contribution in [0.1, 0.15) is 50.2 Å². The van der Waals surface area contributed by atoms with Gasteiger partial charge in [-0.15, -0.1) is 0 Å². The number of rotatable bonds is 5. The van der Waals surface area contributed by atoms with Gasteiger partial charge in [0, 0.05) is 0 Å². The second-order valence-electron chi connectivity index (χ2n) is 5.63. The molecule has 2 aromatic carbocycles. The summed E-state index contributed by atoms with van der Waals surface area (Å²) in [5.41, 5.74) is 2.03. The normalized spacial score (nSPS) is 9.24. The molecule has 0 spiro atoms. The van der Waals surface area contributed by atoms with Gasteiger partial charge in [0.1, 0.15) is 12.7 Å².